The van der Waals surface area contributed by atoms with E-state index in [1.54, 1.807) is 12.5 Å². The summed E-state index contributed by atoms with van der Waals surface area (Å²) in [5, 5.41) is 0. The first-order valence-corrected chi connectivity index (χ1v) is 10.6. The van der Waals surface area contributed by atoms with Gasteiger partial charge in [-0.3, -0.25) is 9.59 Å². The van der Waals surface area contributed by atoms with Gasteiger partial charge in [0.2, 0.25) is 0 Å². The lowest BCUT2D eigenvalue weighted by Crippen LogP contribution is -2.51. The van der Waals surface area contributed by atoms with Crippen molar-refractivity contribution < 1.29 is 14.3 Å². The van der Waals surface area contributed by atoms with E-state index in [2.05, 4.69) is 19.9 Å². The molecule has 0 amide bonds. The second kappa shape index (κ2) is 6.21. The van der Waals surface area contributed by atoms with Crippen molar-refractivity contribution in [3.8, 4) is 0 Å². The molecule has 0 radical (unpaired) electrons. The van der Waals surface area contributed by atoms with Crippen molar-refractivity contribution in [1.29, 1.82) is 0 Å². The Hall–Kier alpha value is -1.12. The number of rotatable bonds is 2. The van der Waals surface area contributed by atoms with Crippen LogP contribution >= 0.6 is 0 Å². The number of ketones is 1. The van der Waals surface area contributed by atoms with Crippen molar-refractivity contribution in [2.75, 3.05) is 0 Å². The molecule has 0 bridgehead atoms. The fraction of sp³-hybridized carbons (Fsp3) is 0.826. The van der Waals surface area contributed by atoms with Crippen LogP contribution in [0, 0.1) is 34.5 Å². The van der Waals surface area contributed by atoms with E-state index < -0.39 is 0 Å². The minimum absolute atomic E-state index is 0.0748. The van der Waals surface area contributed by atoms with Gasteiger partial charge in [-0.1, -0.05) is 25.5 Å². The number of allylic oxidation sites excluding steroid dienone is 1. The van der Waals surface area contributed by atoms with Crippen molar-refractivity contribution in [2.45, 2.75) is 85.2 Å². The molecule has 0 aliphatic heterocycles. The van der Waals surface area contributed by atoms with Gasteiger partial charge in [0.25, 0.3) is 0 Å². The monoisotopic (exact) mass is 358 g/mol. The summed E-state index contributed by atoms with van der Waals surface area (Å²) in [7, 11) is 0. The van der Waals surface area contributed by atoms with Crippen LogP contribution in [-0.2, 0) is 14.3 Å². The van der Waals surface area contributed by atoms with E-state index in [0.29, 0.717) is 11.7 Å². The molecule has 4 aliphatic rings. The molecule has 4 rings (SSSR count). The van der Waals surface area contributed by atoms with E-state index in [-0.39, 0.29) is 28.8 Å². The maximum atomic E-state index is 12.2. The molecule has 0 spiro atoms. The van der Waals surface area contributed by atoms with Crippen LogP contribution in [-0.4, -0.2) is 17.9 Å². The molecule has 144 valence electrons. The molecule has 3 heteroatoms. The van der Waals surface area contributed by atoms with Gasteiger partial charge < -0.3 is 4.74 Å². The van der Waals surface area contributed by atoms with Crippen molar-refractivity contribution in [2.24, 2.45) is 34.5 Å². The zero-order chi connectivity index (χ0) is 18.7. The third-order valence-corrected chi connectivity index (χ3v) is 8.88. The number of hydrogen-bond acceptors (Lipinski definition) is 3. The van der Waals surface area contributed by atoms with Gasteiger partial charge in [0.15, 0.2) is 0 Å². The van der Waals surface area contributed by atoms with E-state index in [9.17, 15) is 9.59 Å². The van der Waals surface area contributed by atoms with Gasteiger partial charge >= 0.3 is 5.97 Å². The Morgan fingerprint density at radius 2 is 1.81 bits per heavy atom. The van der Waals surface area contributed by atoms with Crippen LogP contribution in [0.1, 0.15) is 79.1 Å². The van der Waals surface area contributed by atoms with Crippen molar-refractivity contribution in [3.63, 3.8) is 0 Å². The highest BCUT2D eigenvalue weighted by Crippen LogP contribution is 2.66. The molecule has 3 fully saturated rings. The highest BCUT2D eigenvalue weighted by Gasteiger charge is 2.59. The van der Waals surface area contributed by atoms with Crippen LogP contribution < -0.4 is 0 Å². The number of ether oxygens (including phenoxy) is 1. The van der Waals surface area contributed by atoms with Crippen molar-refractivity contribution >= 4 is 11.8 Å². The Bertz CT molecular complexity index is 650. The maximum Gasteiger partial charge on any atom is 0.302 e. The molecule has 26 heavy (non-hydrogen) atoms. The summed E-state index contributed by atoms with van der Waals surface area (Å²) in [5.41, 5.74) is 2.04. The maximum absolute atomic E-state index is 12.2. The first-order chi connectivity index (χ1) is 12.3. The van der Waals surface area contributed by atoms with Gasteiger partial charge in [0.05, 0.1) is 0 Å². The standard InChI is InChI=1S/C23H34O3/c1-14(24)19-7-8-20-18-6-5-16-13-17(26-15(2)25)9-11-22(16,3)21(18)10-12-23(19,20)4/h5,17-21H,6-13H2,1-4H3/t17-,18-,19-,20-,21-,22-,23+/m0/s1. The summed E-state index contributed by atoms with van der Waals surface area (Å²) in [6.45, 7) is 8.21. The van der Waals surface area contributed by atoms with Gasteiger partial charge in [-0.15, -0.1) is 0 Å². The van der Waals surface area contributed by atoms with Crippen LogP contribution in [0.5, 0.6) is 0 Å². The van der Waals surface area contributed by atoms with Gasteiger partial charge in [-0.25, -0.2) is 0 Å². The van der Waals surface area contributed by atoms with Crippen LogP contribution in [0.2, 0.25) is 0 Å². The summed E-state index contributed by atoms with van der Waals surface area (Å²) >= 11 is 0. The van der Waals surface area contributed by atoms with Gasteiger partial charge in [-0.05, 0) is 80.5 Å². The molecule has 0 saturated heterocycles. The first-order valence-electron chi connectivity index (χ1n) is 10.6. The molecular weight excluding hydrogens is 324 g/mol. The Balaban J connectivity index is 1.59. The zero-order valence-corrected chi connectivity index (χ0v) is 16.8. The average Bonchev–Trinajstić information content (AvgIpc) is 2.92. The fourth-order valence-electron chi connectivity index (χ4n) is 7.63. The quantitative estimate of drug-likeness (QED) is 0.510. The fourth-order valence-corrected chi connectivity index (χ4v) is 7.63. The summed E-state index contributed by atoms with van der Waals surface area (Å²) in [4.78, 5) is 23.6. The Morgan fingerprint density at radius 1 is 1.04 bits per heavy atom. The highest BCUT2D eigenvalue weighted by molar-refractivity contribution is 5.79. The van der Waals surface area contributed by atoms with Crippen LogP contribution in [0.25, 0.3) is 0 Å². The summed E-state index contributed by atoms with van der Waals surface area (Å²) < 4.78 is 5.53. The number of fused-ring (bicyclic) bond motifs is 5. The van der Waals surface area contributed by atoms with E-state index in [1.165, 1.54) is 26.2 Å². The number of esters is 1. The normalized spacial score (nSPS) is 47.2. The van der Waals surface area contributed by atoms with E-state index in [0.717, 1.165) is 43.9 Å². The summed E-state index contributed by atoms with van der Waals surface area (Å²) in [6, 6.07) is 0. The molecule has 4 aliphatic carbocycles. The van der Waals surface area contributed by atoms with Crippen molar-refractivity contribution in [3.05, 3.63) is 11.6 Å². The average molecular weight is 359 g/mol. The molecular formula is C23H34O3. The second-order valence-electron chi connectivity index (χ2n) is 10.0. The van der Waals surface area contributed by atoms with Crippen LogP contribution in [0.3, 0.4) is 0 Å². The molecule has 0 N–H and O–H groups in total. The van der Waals surface area contributed by atoms with Gasteiger partial charge in [0.1, 0.15) is 11.9 Å². The lowest BCUT2D eigenvalue weighted by molar-refractivity contribution is -0.149. The third kappa shape index (κ3) is 2.60. The minimum atomic E-state index is -0.150. The topological polar surface area (TPSA) is 43.4 Å². The second-order valence-corrected chi connectivity index (χ2v) is 10.0. The van der Waals surface area contributed by atoms with Gasteiger partial charge in [-0.2, -0.15) is 0 Å². The Labute approximate surface area is 157 Å². The van der Waals surface area contributed by atoms with E-state index in [4.69, 9.17) is 4.74 Å². The smallest absolute Gasteiger partial charge is 0.302 e. The number of hydrogen-bond donors (Lipinski definition) is 0. The number of carbonyl (C=O) groups excluding carboxylic acids is 2. The summed E-state index contributed by atoms with van der Waals surface area (Å²) in [6.07, 6.45) is 11.6. The Kier molecular flexibility index (Phi) is 4.36. The first kappa shape index (κ1) is 18.3. The highest BCUT2D eigenvalue weighted by atomic mass is 16.5. The van der Waals surface area contributed by atoms with E-state index in [1.807, 2.05) is 0 Å². The largest absolute Gasteiger partial charge is 0.462 e. The van der Waals surface area contributed by atoms with Gasteiger partial charge in [0, 0.05) is 19.3 Å². The Morgan fingerprint density at radius 3 is 2.50 bits per heavy atom. The molecule has 3 nitrogen and oxygen atoms in total. The third-order valence-electron chi connectivity index (χ3n) is 8.88. The van der Waals surface area contributed by atoms with Crippen molar-refractivity contribution in [1.82, 2.24) is 0 Å². The molecule has 0 aromatic carbocycles. The molecule has 0 heterocycles. The zero-order valence-electron chi connectivity index (χ0n) is 16.8. The molecule has 7 atom stereocenters. The molecule has 3 saturated carbocycles. The lowest BCUT2D eigenvalue weighted by Gasteiger charge is -2.58. The minimum Gasteiger partial charge on any atom is -0.462 e. The van der Waals surface area contributed by atoms with Crippen LogP contribution in [0.15, 0.2) is 11.6 Å². The molecule has 0 aromatic heterocycles. The lowest BCUT2D eigenvalue weighted by atomic mass is 9.47. The SMILES string of the molecule is CC(=O)O[C@H]1CC[C@@]2(C)C(=CC[C@H]3[C@@H]4CC[C@@H](C(C)=O)[C@@]4(C)CC[C@@H]32)C1. The molecule has 0 aromatic rings. The van der Waals surface area contributed by atoms with Crippen LogP contribution in [0.4, 0.5) is 0 Å². The predicted molar refractivity (Wildman–Crippen MR) is 101 cm³/mol. The van der Waals surface area contributed by atoms with E-state index >= 15 is 0 Å². The predicted octanol–water partition coefficient (Wildman–Crippen LogP) is 5.09. The summed E-state index contributed by atoms with van der Waals surface area (Å²) in [5.74, 6) is 2.72. The number of Topliss-reactive ketones (excluding diaryl/α,β-unsaturated/α-hetero) is 1. The molecule has 0 unspecified atom stereocenters. The number of carbonyl (C=O) groups is 2.